The average molecular weight is 202 g/mol. The minimum absolute atomic E-state index is 1.82. The number of carboxylic acids is 4. The molecule has 0 aliphatic carbocycles. The summed E-state index contributed by atoms with van der Waals surface area (Å²) in [5.74, 6) is -10.1. The van der Waals surface area contributed by atoms with Crippen LogP contribution in [0.5, 0.6) is 0 Å². The van der Waals surface area contributed by atoms with E-state index in [2.05, 4.69) is 0 Å². The van der Waals surface area contributed by atoms with Gasteiger partial charge in [-0.15, -0.1) is 0 Å². The molecule has 0 spiro atoms. The van der Waals surface area contributed by atoms with Gasteiger partial charge in [0.2, 0.25) is 0 Å². The fraction of sp³-hybridized carbons (Fsp3) is 0.333. The summed E-state index contributed by atoms with van der Waals surface area (Å²) in [5.41, 5.74) is -3.72. The lowest BCUT2D eigenvalue weighted by atomic mass is 9.85. The Kier molecular flexibility index (Phi) is 3.16. The smallest absolute Gasteiger partial charge is 0.0939 e. The lowest BCUT2D eigenvalue weighted by molar-refractivity contribution is -0.365. The van der Waals surface area contributed by atoms with Crippen LogP contribution >= 0.6 is 0 Å². The molecule has 0 saturated heterocycles. The van der Waals surface area contributed by atoms with Gasteiger partial charge in [-0.25, -0.2) is 0 Å². The Labute approximate surface area is 76.4 Å². The molecule has 0 bridgehead atoms. The number of hydrogen-bond acceptors (Lipinski definition) is 8. The van der Waals surface area contributed by atoms with E-state index in [9.17, 15) is 39.6 Å². The van der Waals surface area contributed by atoms with Crippen LogP contribution < -0.4 is 20.4 Å². The van der Waals surface area contributed by atoms with Gasteiger partial charge in [0.1, 0.15) is 0 Å². The first kappa shape index (κ1) is 11.9. The van der Waals surface area contributed by atoms with E-state index < -0.39 is 35.7 Å². The number of carboxylic acid groups (broad SMARTS) is 4. The Hall–Kier alpha value is -2.12. The summed E-state index contributed by atoms with van der Waals surface area (Å²) in [6.07, 6.45) is -1.82. The standard InChI is InChI=1S/C6H6O8/c7-2(8)1-6(3(9)10,4(11)12)5(13)14/h1H2,(H,7,8)(H,9,10)(H,11,12)(H,13,14)/p-4. The van der Waals surface area contributed by atoms with E-state index in [1.807, 2.05) is 0 Å². The van der Waals surface area contributed by atoms with Crippen LogP contribution in [-0.2, 0) is 19.2 Å². The van der Waals surface area contributed by atoms with Crippen molar-refractivity contribution in [3.63, 3.8) is 0 Å². The van der Waals surface area contributed by atoms with Crippen molar-refractivity contribution in [1.82, 2.24) is 0 Å². The van der Waals surface area contributed by atoms with Crippen molar-refractivity contribution in [2.24, 2.45) is 5.41 Å². The maximum Gasteiger partial charge on any atom is 0.0939 e. The van der Waals surface area contributed by atoms with Gasteiger partial charge >= 0.3 is 0 Å². The normalized spacial score (nSPS) is 10.6. The summed E-state index contributed by atoms with van der Waals surface area (Å²) < 4.78 is 0. The van der Waals surface area contributed by atoms with Gasteiger partial charge in [0.05, 0.1) is 23.3 Å². The quantitative estimate of drug-likeness (QED) is 0.397. The van der Waals surface area contributed by atoms with Gasteiger partial charge < -0.3 is 39.6 Å². The zero-order chi connectivity index (χ0) is 11.5. The zero-order valence-electron chi connectivity index (χ0n) is 6.47. The highest BCUT2D eigenvalue weighted by molar-refractivity contribution is 6.16. The minimum Gasteiger partial charge on any atom is -0.550 e. The molecule has 0 aliphatic rings. The highest BCUT2D eigenvalue weighted by Crippen LogP contribution is 2.19. The molecular formula is C6H2O8-4. The topological polar surface area (TPSA) is 161 Å². The predicted octanol–water partition coefficient (Wildman–Crippen LogP) is -6.64. The van der Waals surface area contributed by atoms with Gasteiger partial charge in [-0.2, -0.15) is 0 Å². The summed E-state index contributed by atoms with van der Waals surface area (Å²) in [6, 6.07) is 0. The molecule has 8 heteroatoms. The number of hydrogen-bond donors (Lipinski definition) is 0. The SMILES string of the molecule is O=C([O-])CC(C(=O)[O-])(C(=O)[O-])C(=O)[O-]. The van der Waals surface area contributed by atoms with Crippen molar-refractivity contribution >= 4 is 23.9 Å². The molecule has 14 heavy (non-hydrogen) atoms. The summed E-state index contributed by atoms with van der Waals surface area (Å²) in [5, 5.41) is 40.5. The molecule has 0 rings (SSSR count). The van der Waals surface area contributed by atoms with E-state index >= 15 is 0 Å². The molecule has 0 aromatic heterocycles. The second kappa shape index (κ2) is 3.73. The van der Waals surface area contributed by atoms with Gasteiger partial charge in [-0.1, -0.05) is 0 Å². The monoisotopic (exact) mass is 202 g/mol. The number of aliphatic carboxylic acids is 4. The lowest BCUT2D eigenvalue weighted by Gasteiger charge is -2.36. The molecule has 0 atom stereocenters. The van der Waals surface area contributed by atoms with E-state index in [1.165, 1.54) is 0 Å². The van der Waals surface area contributed by atoms with Gasteiger partial charge in [0.15, 0.2) is 0 Å². The van der Waals surface area contributed by atoms with Crippen molar-refractivity contribution in [2.45, 2.75) is 6.42 Å². The maximum atomic E-state index is 10.2. The number of rotatable bonds is 5. The Bertz CT molecular complexity index is 267. The van der Waals surface area contributed by atoms with Gasteiger partial charge in [-0.3, -0.25) is 0 Å². The average Bonchev–Trinajstić information content (AvgIpc) is 1.97. The first-order chi connectivity index (χ1) is 6.25. The predicted molar refractivity (Wildman–Crippen MR) is 27.1 cm³/mol. The largest absolute Gasteiger partial charge is 0.550 e. The molecule has 0 aliphatic heterocycles. The third-order valence-electron chi connectivity index (χ3n) is 1.45. The van der Waals surface area contributed by atoms with E-state index in [-0.39, 0.29) is 0 Å². The lowest BCUT2D eigenvalue weighted by Crippen LogP contribution is -2.64. The van der Waals surface area contributed by atoms with E-state index in [1.54, 1.807) is 0 Å². The van der Waals surface area contributed by atoms with Crippen molar-refractivity contribution in [3.05, 3.63) is 0 Å². The molecule has 8 nitrogen and oxygen atoms in total. The molecule has 0 fully saturated rings. The fourth-order valence-corrected chi connectivity index (χ4v) is 0.683. The Morgan fingerprint density at radius 1 is 0.786 bits per heavy atom. The van der Waals surface area contributed by atoms with Crippen LogP contribution in [-0.4, -0.2) is 23.9 Å². The fourth-order valence-electron chi connectivity index (χ4n) is 0.683. The van der Waals surface area contributed by atoms with Crippen molar-refractivity contribution in [3.8, 4) is 0 Å². The first-order valence-corrected chi connectivity index (χ1v) is 3.09. The van der Waals surface area contributed by atoms with Gasteiger partial charge in [0, 0.05) is 12.4 Å². The Morgan fingerprint density at radius 2 is 1.07 bits per heavy atom. The molecule has 0 amide bonds. The molecule has 0 heterocycles. The van der Waals surface area contributed by atoms with Gasteiger partial charge in [0.25, 0.3) is 0 Å². The van der Waals surface area contributed by atoms with Crippen molar-refractivity contribution in [1.29, 1.82) is 0 Å². The molecule has 0 N–H and O–H groups in total. The highest BCUT2D eigenvalue weighted by Gasteiger charge is 2.35. The zero-order valence-corrected chi connectivity index (χ0v) is 6.47. The highest BCUT2D eigenvalue weighted by atomic mass is 16.4. The number of carbonyl (C=O) groups is 4. The molecule has 78 valence electrons. The van der Waals surface area contributed by atoms with Crippen LogP contribution in [0.4, 0.5) is 0 Å². The third kappa shape index (κ3) is 1.79. The van der Waals surface area contributed by atoms with Crippen LogP contribution in [0.3, 0.4) is 0 Å². The molecule has 0 aromatic carbocycles. The maximum absolute atomic E-state index is 10.2. The molecular weight excluding hydrogens is 200 g/mol. The molecule has 0 unspecified atom stereocenters. The van der Waals surface area contributed by atoms with Crippen LogP contribution in [0, 0.1) is 5.41 Å². The minimum atomic E-state index is -3.72. The summed E-state index contributed by atoms with van der Waals surface area (Å²) >= 11 is 0. The third-order valence-corrected chi connectivity index (χ3v) is 1.45. The van der Waals surface area contributed by atoms with Crippen molar-refractivity contribution in [2.75, 3.05) is 0 Å². The van der Waals surface area contributed by atoms with Crippen LogP contribution in [0.2, 0.25) is 0 Å². The molecule has 0 radical (unpaired) electrons. The van der Waals surface area contributed by atoms with E-state index in [0.29, 0.717) is 0 Å². The van der Waals surface area contributed by atoms with E-state index in [4.69, 9.17) is 0 Å². The van der Waals surface area contributed by atoms with Crippen molar-refractivity contribution < 1.29 is 39.6 Å². The second-order valence-corrected chi connectivity index (χ2v) is 2.32. The molecule has 0 aromatic rings. The summed E-state index contributed by atoms with van der Waals surface area (Å²) in [6.45, 7) is 0. The molecule has 0 saturated carbocycles. The van der Waals surface area contributed by atoms with Crippen LogP contribution in [0.15, 0.2) is 0 Å². The first-order valence-electron chi connectivity index (χ1n) is 3.09. The van der Waals surface area contributed by atoms with Gasteiger partial charge in [-0.05, 0) is 0 Å². The Balaban J connectivity index is 5.38. The summed E-state index contributed by atoms with van der Waals surface area (Å²) in [4.78, 5) is 40.5. The Morgan fingerprint density at radius 3 is 1.14 bits per heavy atom. The summed E-state index contributed by atoms with van der Waals surface area (Å²) in [7, 11) is 0. The van der Waals surface area contributed by atoms with Crippen LogP contribution in [0.1, 0.15) is 6.42 Å². The van der Waals surface area contributed by atoms with E-state index in [0.717, 1.165) is 0 Å². The number of carbonyl (C=O) groups excluding carboxylic acids is 4. The second-order valence-electron chi connectivity index (χ2n) is 2.32. The van der Waals surface area contributed by atoms with Crippen LogP contribution in [0.25, 0.3) is 0 Å².